The highest BCUT2D eigenvalue weighted by Crippen LogP contribution is 2.19. The zero-order valence-corrected chi connectivity index (χ0v) is 15.9. The lowest BCUT2D eigenvalue weighted by Gasteiger charge is -2.20. The van der Waals surface area contributed by atoms with Crippen LogP contribution in [0.3, 0.4) is 0 Å². The summed E-state index contributed by atoms with van der Waals surface area (Å²) >= 11 is 0. The average Bonchev–Trinajstić information content (AvgIpc) is 3.25. The van der Waals surface area contributed by atoms with Gasteiger partial charge in [0, 0.05) is 24.1 Å². The maximum atomic E-state index is 12.8. The quantitative estimate of drug-likeness (QED) is 0.563. The van der Waals surface area contributed by atoms with Gasteiger partial charge in [-0.25, -0.2) is 0 Å². The van der Waals surface area contributed by atoms with Gasteiger partial charge in [-0.3, -0.25) is 14.5 Å². The minimum atomic E-state index is -0.261. The Labute approximate surface area is 169 Å². The molecule has 0 fully saturated rings. The number of carbonyl (C=O) groups is 2. The monoisotopic (exact) mass is 387 g/mol. The molecule has 6 heteroatoms. The first kappa shape index (κ1) is 20.1. The molecule has 2 aromatic carbocycles. The van der Waals surface area contributed by atoms with Crippen molar-refractivity contribution in [2.24, 2.45) is 0 Å². The van der Waals surface area contributed by atoms with Gasteiger partial charge in [-0.2, -0.15) is 5.26 Å². The number of amides is 1. The predicted octanol–water partition coefficient (Wildman–Crippen LogP) is 3.86. The van der Waals surface area contributed by atoms with E-state index in [1.165, 1.54) is 0 Å². The van der Waals surface area contributed by atoms with Crippen LogP contribution in [-0.4, -0.2) is 29.7 Å². The molecular formula is C23H21N3O3. The van der Waals surface area contributed by atoms with Crippen molar-refractivity contribution < 1.29 is 14.0 Å². The van der Waals surface area contributed by atoms with E-state index in [0.717, 1.165) is 5.76 Å². The van der Waals surface area contributed by atoms with Crippen LogP contribution in [0.1, 0.15) is 28.1 Å². The van der Waals surface area contributed by atoms with Crippen molar-refractivity contribution in [2.45, 2.75) is 13.0 Å². The van der Waals surface area contributed by atoms with Gasteiger partial charge in [0.25, 0.3) is 0 Å². The highest BCUT2D eigenvalue weighted by molar-refractivity contribution is 6.13. The molecule has 0 radical (unpaired) electrons. The summed E-state index contributed by atoms with van der Waals surface area (Å²) in [4.78, 5) is 27.3. The summed E-state index contributed by atoms with van der Waals surface area (Å²) in [5.74, 6) is 0.302. The van der Waals surface area contributed by atoms with Crippen molar-refractivity contribution in [3.05, 3.63) is 89.9 Å². The Morgan fingerprint density at radius 3 is 2.48 bits per heavy atom. The summed E-state index contributed by atoms with van der Waals surface area (Å²) in [6.45, 7) is 0.943. The summed E-state index contributed by atoms with van der Waals surface area (Å²) in [5.41, 5.74) is 1.45. The lowest BCUT2D eigenvalue weighted by molar-refractivity contribution is -0.117. The van der Waals surface area contributed by atoms with Gasteiger partial charge in [-0.15, -0.1) is 0 Å². The van der Waals surface area contributed by atoms with Crippen LogP contribution in [0.2, 0.25) is 0 Å². The third-order valence-corrected chi connectivity index (χ3v) is 4.35. The summed E-state index contributed by atoms with van der Waals surface area (Å²) in [7, 11) is 0. The molecule has 0 aliphatic heterocycles. The molecule has 3 aromatic rings. The number of hydrogen-bond acceptors (Lipinski definition) is 5. The lowest BCUT2D eigenvalue weighted by atomic mass is 10.0. The Morgan fingerprint density at radius 1 is 1.00 bits per heavy atom. The number of benzene rings is 2. The number of hydrogen-bond donors (Lipinski definition) is 1. The molecular weight excluding hydrogens is 366 g/mol. The van der Waals surface area contributed by atoms with E-state index < -0.39 is 0 Å². The van der Waals surface area contributed by atoms with Gasteiger partial charge in [-0.1, -0.05) is 42.5 Å². The molecule has 0 aliphatic carbocycles. The van der Waals surface area contributed by atoms with E-state index in [0.29, 0.717) is 36.3 Å². The second-order valence-corrected chi connectivity index (χ2v) is 6.49. The molecule has 0 aliphatic rings. The topological polar surface area (TPSA) is 86.3 Å². The molecule has 0 saturated heterocycles. The second-order valence-electron chi connectivity index (χ2n) is 6.49. The Balaban J connectivity index is 1.71. The first-order valence-corrected chi connectivity index (χ1v) is 9.27. The van der Waals surface area contributed by atoms with Gasteiger partial charge in [0.05, 0.1) is 31.1 Å². The van der Waals surface area contributed by atoms with Crippen LogP contribution in [0, 0.1) is 11.3 Å². The Kier molecular flexibility index (Phi) is 6.93. The van der Waals surface area contributed by atoms with E-state index >= 15 is 0 Å². The van der Waals surface area contributed by atoms with Crippen molar-refractivity contribution in [3.8, 4) is 6.07 Å². The molecule has 0 spiro atoms. The van der Waals surface area contributed by atoms with E-state index in [9.17, 15) is 9.59 Å². The van der Waals surface area contributed by atoms with E-state index in [1.54, 1.807) is 60.9 Å². The van der Waals surface area contributed by atoms with Gasteiger partial charge < -0.3 is 9.73 Å². The molecule has 0 atom stereocenters. The summed E-state index contributed by atoms with van der Waals surface area (Å²) in [5, 5.41) is 11.7. The standard InChI is InChI=1S/C23H21N3O3/c24-13-7-14-26(16-19-10-6-15-29-19)17-22(27)25-21-12-5-4-11-20(21)23(28)18-8-2-1-3-9-18/h1-6,8-12,15H,7,14,16-17H2,(H,25,27). The molecule has 1 amide bonds. The van der Waals surface area contributed by atoms with Crippen LogP contribution in [0.5, 0.6) is 0 Å². The first-order valence-electron chi connectivity index (χ1n) is 9.27. The molecule has 6 nitrogen and oxygen atoms in total. The molecule has 3 rings (SSSR count). The van der Waals surface area contributed by atoms with Gasteiger partial charge in [-0.05, 0) is 24.3 Å². The zero-order valence-electron chi connectivity index (χ0n) is 15.9. The minimum Gasteiger partial charge on any atom is -0.468 e. The maximum absolute atomic E-state index is 12.8. The molecule has 29 heavy (non-hydrogen) atoms. The predicted molar refractivity (Wildman–Crippen MR) is 109 cm³/mol. The Hall–Kier alpha value is -3.69. The molecule has 0 saturated carbocycles. The number of para-hydroxylation sites is 1. The Bertz CT molecular complexity index is 992. The number of furan rings is 1. The molecule has 0 bridgehead atoms. The Morgan fingerprint density at radius 2 is 1.76 bits per heavy atom. The number of nitriles is 1. The van der Waals surface area contributed by atoms with Gasteiger partial charge in [0.2, 0.25) is 5.91 Å². The SMILES string of the molecule is N#CCCN(CC(=O)Nc1ccccc1C(=O)c1ccccc1)Cc1ccco1. The summed E-state index contributed by atoms with van der Waals surface area (Å²) in [6.07, 6.45) is 1.88. The van der Waals surface area contributed by atoms with Gasteiger partial charge in [0.1, 0.15) is 5.76 Å². The third-order valence-electron chi connectivity index (χ3n) is 4.35. The third kappa shape index (κ3) is 5.64. The molecule has 1 N–H and O–H groups in total. The van der Waals surface area contributed by atoms with Gasteiger partial charge >= 0.3 is 0 Å². The number of carbonyl (C=O) groups excluding carboxylic acids is 2. The van der Waals surface area contributed by atoms with E-state index in [2.05, 4.69) is 11.4 Å². The number of nitrogens with one attached hydrogen (secondary N) is 1. The summed E-state index contributed by atoms with van der Waals surface area (Å²) < 4.78 is 5.34. The highest BCUT2D eigenvalue weighted by atomic mass is 16.3. The van der Waals surface area contributed by atoms with E-state index in [4.69, 9.17) is 9.68 Å². The van der Waals surface area contributed by atoms with Crippen molar-refractivity contribution in [3.63, 3.8) is 0 Å². The van der Waals surface area contributed by atoms with Crippen LogP contribution in [0.25, 0.3) is 0 Å². The fourth-order valence-corrected chi connectivity index (χ4v) is 2.97. The average molecular weight is 387 g/mol. The van der Waals surface area contributed by atoms with E-state index in [1.807, 2.05) is 17.0 Å². The number of anilines is 1. The lowest BCUT2D eigenvalue weighted by Crippen LogP contribution is -2.33. The zero-order chi connectivity index (χ0) is 20.5. The molecule has 1 aromatic heterocycles. The fourth-order valence-electron chi connectivity index (χ4n) is 2.97. The van der Waals surface area contributed by atoms with Crippen LogP contribution >= 0.6 is 0 Å². The maximum Gasteiger partial charge on any atom is 0.238 e. The van der Waals surface area contributed by atoms with Crippen LogP contribution in [0.15, 0.2) is 77.4 Å². The fraction of sp³-hybridized carbons (Fsp3) is 0.174. The molecule has 146 valence electrons. The number of nitrogens with zero attached hydrogens (tertiary/aromatic N) is 2. The smallest absolute Gasteiger partial charge is 0.238 e. The first-order chi connectivity index (χ1) is 14.2. The molecule has 0 unspecified atom stereocenters. The number of rotatable bonds is 9. The normalized spacial score (nSPS) is 10.5. The van der Waals surface area contributed by atoms with Crippen molar-refractivity contribution in [1.82, 2.24) is 4.90 Å². The molecule has 1 heterocycles. The van der Waals surface area contributed by atoms with Crippen molar-refractivity contribution >= 4 is 17.4 Å². The van der Waals surface area contributed by atoms with Gasteiger partial charge in [0.15, 0.2) is 5.78 Å². The highest BCUT2D eigenvalue weighted by Gasteiger charge is 2.17. The van der Waals surface area contributed by atoms with Crippen LogP contribution < -0.4 is 5.32 Å². The largest absolute Gasteiger partial charge is 0.468 e. The van der Waals surface area contributed by atoms with E-state index in [-0.39, 0.29) is 18.2 Å². The number of ketones is 1. The summed E-state index contributed by atoms with van der Waals surface area (Å²) in [6, 6.07) is 21.6. The van der Waals surface area contributed by atoms with Crippen LogP contribution in [0.4, 0.5) is 5.69 Å². The van der Waals surface area contributed by atoms with Crippen LogP contribution in [-0.2, 0) is 11.3 Å². The van der Waals surface area contributed by atoms with Crippen molar-refractivity contribution in [1.29, 1.82) is 5.26 Å². The van der Waals surface area contributed by atoms with Crippen molar-refractivity contribution in [2.75, 3.05) is 18.4 Å². The minimum absolute atomic E-state index is 0.0796. The second kappa shape index (κ2) is 10.0.